The predicted molar refractivity (Wildman–Crippen MR) is 102 cm³/mol. The van der Waals surface area contributed by atoms with Crippen LogP contribution in [0.5, 0.6) is 5.75 Å². The van der Waals surface area contributed by atoms with E-state index >= 15 is 0 Å². The second kappa shape index (κ2) is 8.34. The second-order valence-corrected chi connectivity index (χ2v) is 8.49. The number of carbonyl (C=O) groups is 1. The molecule has 0 heterocycles. The number of ether oxygens (including phenoxy) is 1. The first-order valence-electron chi connectivity index (χ1n) is 8.76. The minimum Gasteiger partial charge on any atom is -0.461 e. The van der Waals surface area contributed by atoms with Gasteiger partial charge in [-0.1, -0.05) is 50.2 Å². The fourth-order valence-corrected chi connectivity index (χ4v) is 3.99. The normalized spacial score (nSPS) is 16.4. The van der Waals surface area contributed by atoms with E-state index in [0.29, 0.717) is 5.75 Å². The van der Waals surface area contributed by atoms with E-state index in [1.54, 1.807) is 6.07 Å². The summed E-state index contributed by atoms with van der Waals surface area (Å²) in [7, 11) is -2.43. The molecule has 0 spiro atoms. The Balaban J connectivity index is 1.88. The lowest BCUT2D eigenvalue weighted by atomic mass is 9.96. The number of hydroxylamine groups is 1. The average molecular weight is 395 g/mol. The number of rotatable bonds is 7. The topological polar surface area (TPSA) is 55.8 Å². The summed E-state index contributed by atoms with van der Waals surface area (Å²) < 4.78 is 17.7. The van der Waals surface area contributed by atoms with Gasteiger partial charge in [0.05, 0.1) is 0 Å². The molecule has 0 radical (unpaired) electrons. The van der Waals surface area contributed by atoms with Crippen LogP contribution in [-0.2, 0) is 14.1 Å². The molecule has 5 nitrogen and oxygen atoms in total. The Morgan fingerprint density at radius 3 is 2.50 bits per heavy atom. The molecule has 0 bridgehead atoms. The molecule has 0 aliphatic heterocycles. The molecule has 0 N–H and O–H groups in total. The summed E-state index contributed by atoms with van der Waals surface area (Å²) in [4.78, 5) is 19.6. The smallest absolute Gasteiger partial charge is 0.461 e. The Morgan fingerprint density at radius 1 is 1.19 bits per heavy atom. The second-order valence-electron chi connectivity index (χ2n) is 6.78. The molecule has 1 aliphatic carbocycles. The number of esters is 1. The molecule has 7 heteroatoms. The van der Waals surface area contributed by atoms with Gasteiger partial charge in [-0.25, -0.2) is 0 Å². The van der Waals surface area contributed by atoms with Crippen molar-refractivity contribution in [2.45, 2.75) is 45.3 Å². The van der Waals surface area contributed by atoms with Crippen molar-refractivity contribution in [2.24, 2.45) is 5.92 Å². The van der Waals surface area contributed by atoms with Gasteiger partial charge in [-0.05, 0) is 41.2 Å². The molecule has 3 rings (SSSR count). The fourth-order valence-electron chi connectivity index (χ4n) is 2.90. The molecule has 1 aliphatic rings. The van der Waals surface area contributed by atoms with Crippen LogP contribution < -0.4 is 4.84 Å². The molecule has 1 saturated carbocycles. The van der Waals surface area contributed by atoms with Gasteiger partial charge in [0.25, 0.3) is 0 Å². The summed E-state index contributed by atoms with van der Waals surface area (Å²) >= 11 is 5.91. The summed E-state index contributed by atoms with van der Waals surface area (Å²) in [5.74, 6) is -0.140. The van der Waals surface area contributed by atoms with Gasteiger partial charge in [0.15, 0.2) is 11.8 Å². The van der Waals surface area contributed by atoms with Crippen molar-refractivity contribution in [3.63, 3.8) is 0 Å². The fraction of sp³-hybridized carbons (Fsp3) is 0.421. The minimum atomic E-state index is -2.43. The third-order valence-electron chi connectivity index (χ3n) is 4.54. The number of fused-ring (bicyclic) bond motifs is 1. The van der Waals surface area contributed by atoms with Gasteiger partial charge in [0.2, 0.25) is 11.2 Å². The quantitative estimate of drug-likeness (QED) is 0.355. The molecule has 0 saturated heterocycles. The Labute approximate surface area is 158 Å². The molecule has 2 aromatic carbocycles. The van der Waals surface area contributed by atoms with Gasteiger partial charge in [-0.2, -0.15) is 0 Å². The van der Waals surface area contributed by atoms with Crippen LogP contribution in [0.15, 0.2) is 42.5 Å². The van der Waals surface area contributed by atoms with E-state index in [4.69, 9.17) is 20.8 Å². The number of hydrogen-bond acceptors (Lipinski definition) is 4. The van der Waals surface area contributed by atoms with Crippen molar-refractivity contribution < 1.29 is 18.9 Å². The molecular weight excluding hydrogens is 373 g/mol. The lowest BCUT2D eigenvalue weighted by Gasteiger charge is -2.29. The van der Waals surface area contributed by atoms with Crippen LogP contribution in [-0.4, -0.2) is 22.9 Å². The van der Waals surface area contributed by atoms with E-state index in [9.17, 15) is 9.36 Å². The summed E-state index contributed by atoms with van der Waals surface area (Å²) in [5, 5.41) is 1.83. The molecule has 0 amide bonds. The van der Waals surface area contributed by atoms with Gasteiger partial charge < -0.3 is 9.57 Å². The van der Waals surface area contributed by atoms with Gasteiger partial charge in [0, 0.05) is 5.39 Å². The number of halogens is 1. The van der Waals surface area contributed by atoms with Crippen molar-refractivity contribution in [1.82, 2.24) is 4.83 Å². The zero-order chi connectivity index (χ0) is 18.7. The third kappa shape index (κ3) is 4.17. The average Bonchev–Trinajstić information content (AvgIpc) is 2.57. The molecule has 2 atom stereocenters. The SMILES string of the molecule is CC(C)[C@@H](C(=O)OC1CCC1)N(Oc1cccc2ccccc12)[P+](=O)Cl. The largest absolute Gasteiger partial charge is 0.593 e. The first-order chi connectivity index (χ1) is 12.5. The van der Waals surface area contributed by atoms with E-state index < -0.39 is 19.3 Å². The third-order valence-corrected chi connectivity index (χ3v) is 5.63. The number of carbonyl (C=O) groups excluding carboxylic acids is 1. The maximum absolute atomic E-state index is 12.7. The van der Waals surface area contributed by atoms with Gasteiger partial charge in [0.1, 0.15) is 10.9 Å². The van der Waals surface area contributed by atoms with Crippen LogP contribution in [0, 0.1) is 5.92 Å². The Bertz CT molecular complexity index is 804. The van der Waals surface area contributed by atoms with Crippen molar-refractivity contribution in [2.75, 3.05) is 0 Å². The Hall–Kier alpha value is -1.68. The number of hydrogen-bond donors (Lipinski definition) is 0. The number of nitrogens with zero attached hydrogens (tertiary/aromatic N) is 1. The molecule has 1 unspecified atom stereocenters. The Kier molecular flexibility index (Phi) is 6.13. The van der Waals surface area contributed by atoms with Crippen LogP contribution in [0.4, 0.5) is 0 Å². The van der Waals surface area contributed by atoms with Gasteiger partial charge in [-0.15, -0.1) is 0 Å². The molecule has 1 fully saturated rings. The highest BCUT2D eigenvalue weighted by Crippen LogP contribution is 2.40. The van der Waals surface area contributed by atoms with Gasteiger partial charge >= 0.3 is 13.3 Å². The molecule has 26 heavy (non-hydrogen) atoms. The van der Waals surface area contributed by atoms with E-state index in [2.05, 4.69) is 0 Å². The summed E-state index contributed by atoms with van der Waals surface area (Å²) in [6, 6.07) is 12.4. The standard InChI is InChI=1S/C19H22ClNO4P/c1-13(2)18(19(22)24-15-9-6-10-15)21(26(20)23)25-17-12-5-8-14-7-3-4-11-16(14)17/h3-5,7-8,11-13,15,18H,6,9-10H2,1-2H3/q+1/t18-/m0/s1. The lowest BCUT2D eigenvalue weighted by molar-refractivity contribution is -0.167. The molecule has 2 aromatic rings. The zero-order valence-electron chi connectivity index (χ0n) is 14.8. The van der Waals surface area contributed by atoms with E-state index in [1.165, 1.54) is 0 Å². The first kappa shape index (κ1) is 19.1. The monoisotopic (exact) mass is 394 g/mol. The van der Waals surface area contributed by atoms with Crippen molar-refractivity contribution in [1.29, 1.82) is 0 Å². The zero-order valence-corrected chi connectivity index (χ0v) is 16.5. The summed E-state index contributed by atoms with van der Waals surface area (Å²) in [5.41, 5.74) is 0. The number of benzene rings is 2. The van der Waals surface area contributed by atoms with E-state index in [-0.39, 0.29) is 12.0 Å². The van der Waals surface area contributed by atoms with Crippen LogP contribution in [0.1, 0.15) is 33.1 Å². The highest BCUT2D eigenvalue weighted by molar-refractivity contribution is 7.71. The van der Waals surface area contributed by atoms with Crippen molar-refractivity contribution in [3.05, 3.63) is 42.5 Å². The van der Waals surface area contributed by atoms with E-state index in [0.717, 1.165) is 34.9 Å². The minimum absolute atomic E-state index is 0.0589. The molecule has 0 aromatic heterocycles. The summed E-state index contributed by atoms with van der Waals surface area (Å²) in [6.45, 7) is 3.70. The van der Waals surface area contributed by atoms with Gasteiger partial charge in [-0.3, -0.25) is 4.79 Å². The highest BCUT2D eigenvalue weighted by Gasteiger charge is 2.46. The summed E-state index contributed by atoms with van der Waals surface area (Å²) in [6.07, 6.45) is 2.74. The van der Waals surface area contributed by atoms with Crippen LogP contribution in [0.2, 0.25) is 0 Å². The van der Waals surface area contributed by atoms with Crippen molar-refractivity contribution in [3.8, 4) is 5.75 Å². The van der Waals surface area contributed by atoms with E-state index in [1.807, 2.05) is 50.2 Å². The molecule has 138 valence electrons. The maximum Gasteiger partial charge on any atom is 0.593 e. The molecular formula is C19H22ClNO4P+. The highest BCUT2D eigenvalue weighted by atomic mass is 35.7. The maximum atomic E-state index is 12.7. The van der Waals surface area contributed by atoms with Crippen molar-refractivity contribution >= 4 is 35.3 Å². The predicted octanol–water partition coefficient (Wildman–Crippen LogP) is 5.45. The van der Waals surface area contributed by atoms with Crippen LogP contribution >= 0.6 is 18.5 Å². The van der Waals surface area contributed by atoms with Crippen LogP contribution in [0.3, 0.4) is 0 Å². The van der Waals surface area contributed by atoms with Crippen LogP contribution in [0.25, 0.3) is 10.8 Å². The first-order valence-corrected chi connectivity index (χ1v) is 10.9. The Morgan fingerprint density at radius 2 is 1.88 bits per heavy atom. The lowest BCUT2D eigenvalue weighted by Crippen LogP contribution is -2.45.